The minimum Gasteiger partial charge on any atom is -0.481 e. The Bertz CT molecular complexity index is 637. The molecule has 2 rings (SSSR count). The van der Waals surface area contributed by atoms with Crippen molar-refractivity contribution in [3.8, 4) is 0 Å². The zero-order valence-electron chi connectivity index (χ0n) is 12.0. The van der Waals surface area contributed by atoms with Crippen LogP contribution in [-0.4, -0.2) is 17.6 Å². The van der Waals surface area contributed by atoms with Crippen LogP contribution < -0.4 is 11.5 Å². The van der Waals surface area contributed by atoms with Crippen LogP contribution in [0.1, 0.15) is 16.7 Å². The Morgan fingerprint density at radius 2 is 1.76 bits per heavy atom. The number of rotatable bonds is 5. The van der Waals surface area contributed by atoms with Crippen molar-refractivity contribution in [3.63, 3.8) is 0 Å². The molecule has 0 aliphatic carbocycles. The van der Waals surface area contributed by atoms with Gasteiger partial charge in [-0.3, -0.25) is 4.79 Å². The van der Waals surface area contributed by atoms with Gasteiger partial charge in [-0.15, -0.1) is 0 Å². The number of aryl methyl sites for hydroxylation is 1. The largest absolute Gasteiger partial charge is 0.481 e. The van der Waals surface area contributed by atoms with Crippen molar-refractivity contribution in [3.05, 3.63) is 65.2 Å². The Balaban J connectivity index is 2.50. The first kappa shape index (κ1) is 15.1. The third-order valence-corrected chi connectivity index (χ3v) is 3.91. The van der Waals surface area contributed by atoms with Gasteiger partial charge in [0.05, 0.1) is 0 Å². The summed E-state index contributed by atoms with van der Waals surface area (Å²) in [6.07, 6.45) is 0.272. The van der Waals surface area contributed by atoms with Gasteiger partial charge in [-0.1, -0.05) is 48.0 Å². The summed E-state index contributed by atoms with van der Waals surface area (Å²) in [4.78, 5) is 11.9. The molecule has 0 aliphatic rings. The van der Waals surface area contributed by atoms with Crippen LogP contribution in [-0.2, 0) is 16.6 Å². The van der Waals surface area contributed by atoms with E-state index >= 15 is 0 Å². The number of aliphatic carboxylic acids is 1. The molecule has 1 unspecified atom stereocenters. The van der Waals surface area contributed by atoms with Crippen LogP contribution in [0.3, 0.4) is 0 Å². The van der Waals surface area contributed by atoms with E-state index in [-0.39, 0.29) is 13.0 Å². The van der Waals surface area contributed by atoms with Gasteiger partial charge in [0.2, 0.25) is 0 Å². The maximum absolute atomic E-state index is 11.9. The van der Waals surface area contributed by atoms with Gasteiger partial charge in [0.1, 0.15) is 5.41 Å². The SMILES string of the molecule is Cc1ccc(C(CN)(Cc2ccccc2N)C(=O)O)cc1. The molecule has 0 saturated carbocycles. The summed E-state index contributed by atoms with van der Waals surface area (Å²) in [5.41, 5.74) is 13.8. The van der Waals surface area contributed by atoms with Gasteiger partial charge < -0.3 is 16.6 Å². The van der Waals surface area contributed by atoms with Crippen LogP contribution in [0, 0.1) is 6.92 Å². The lowest BCUT2D eigenvalue weighted by atomic mass is 9.75. The Morgan fingerprint density at radius 1 is 1.14 bits per heavy atom. The zero-order valence-corrected chi connectivity index (χ0v) is 12.0. The summed E-state index contributed by atoms with van der Waals surface area (Å²) in [5.74, 6) is -0.933. The lowest BCUT2D eigenvalue weighted by Crippen LogP contribution is -2.45. The second-order valence-corrected chi connectivity index (χ2v) is 5.33. The number of anilines is 1. The number of hydrogen-bond acceptors (Lipinski definition) is 3. The molecule has 2 aromatic rings. The van der Waals surface area contributed by atoms with E-state index in [9.17, 15) is 9.90 Å². The van der Waals surface area contributed by atoms with Crippen molar-refractivity contribution in [1.29, 1.82) is 0 Å². The van der Waals surface area contributed by atoms with Crippen molar-refractivity contribution in [2.24, 2.45) is 5.73 Å². The highest BCUT2D eigenvalue weighted by Crippen LogP contribution is 2.30. The molecule has 4 nitrogen and oxygen atoms in total. The molecule has 110 valence electrons. The fourth-order valence-electron chi connectivity index (χ4n) is 2.47. The van der Waals surface area contributed by atoms with Crippen molar-refractivity contribution in [2.75, 3.05) is 12.3 Å². The molecular weight excluding hydrogens is 264 g/mol. The molecule has 0 fully saturated rings. The molecule has 21 heavy (non-hydrogen) atoms. The van der Waals surface area contributed by atoms with Crippen LogP contribution in [0.5, 0.6) is 0 Å². The Labute approximate surface area is 124 Å². The molecule has 0 radical (unpaired) electrons. The van der Waals surface area contributed by atoms with Crippen LogP contribution in [0.4, 0.5) is 5.69 Å². The van der Waals surface area contributed by atoms with E-state index < -0.39 is 11.4 Å². The van der Waals surface area contributed by atoms with E-state index in [1.54, 1.807) is 6.07 Å². The maximum Gasteiger partial charge on any atom is 0.315 e. The van der Waals surface area contributed by atoms with Gasteiger partial charge in [0, 0.05) is 12.2 Å². The van der Waals surface area contributed by atoms with Crippen molar-refractivity contribution < 1.29 is 9.90 Å². The number of hydrogen-bond donors (Lipinski definition) is 3. The van der Waals surface area contributed by atoms with Gasteiger partial charge in [0.15, 0.2) is 0 Å². The molecule has 0 heterocycles. The highest BCUT2D eigenvalue weighted by atomic mass is 16.4. The van der Waals surface area contributed by atoms with Crippen LogP contribution >= 0.6 is 0 Å². The fourth-order valence-corrected chi connectivity index (χ4v) is 2.47. The van der Waals surface area contributed by atoms with E-state index in [2.05, 4.69) is 0 Å². The van der Waals surface area contributed by atoms with Gasteiger partial charge in [-0.25, -0.2) is 0 Å². The minimum atomic E-state index is -1.16. The quantitative estimate of drug-likeness (QED) is 0.733. The van der Waals surface area contributed by atoms with E-state index in [4.69, 9.17) is 11.5 Å². The predicted octanol–water partition coefficient (Wildman–Crippen LogP) is 2.10. The minimum absolute atomic E-state index is 0.0136. The molecule has 5 N–H and O–H groups in total. The number of carbonyl (C=O) groups is 1. The van der Waals surface area contributed by atoms with Crippen LogP contribution in [0.15, 0.2) is 48.5 Å². The molecule has 0 spiro atoms. The lowest BCUT2D eigenvalue weighted by molar-refractivity contribution is -0.143. The number of nitrogen functional groups attached to an aromatic ring is 1. The third-order valence-electron chi connectivity index (χ3n) is 3.91. The summed E-state index contributed by atoms with van der Waals surface area (Å²) >= 11 is 0. The third kappa shape index (κ3) is 2.90. The van der Waals surface area contributed by atoms with Gasteiger partial charge in [-0.2, -0.15) is 0 Å². The average molecular weight is 284 g/mol. The first-order valence-electron chi connectivity index (χ1n) is 6.83. The summed E-state index contributed by atoms with van der Waals surface area (Å²) in [6, 6.07) is 14.8. The molecular formula is C17H20N2O2. The molecule has 0 amide bonds. The monoisotopic (exact) mass is 284 g/mol. The Hall–Kier alpha value is -2.33. The fraction of sp³-hybridized carbons (Fsp3) is 0.235. The summed E-state index contributed by atoms with van der Waals surface area (Å²) in [5, 5.41) is 9.78. The second-order valence-electron chi connectivity index (χ2n) is 5.33. The normalized spacial score (nSPS) is 13.6. The summed E-state index contributed by atoms with van der Waals surface area (Å²) in [7, 11) is 0. The average Bonchev–Trinajstić information content (AvgIpc) is 2.47. The highest BCUT2D eigenvalue weighted by molar-refractivity contribution is 5.82. The van der Waals surface area contributed by atoms with Gasteiger partial charge in [0.25, 0.3) is 0 Å². The van der Waals surface area contributed by atoms with E-state index in [1.807, 2.05) is 49.4 Å². The highest BCUT2D eigenvalue weighted by Gasteiger charge is 2.39. The topological polar surface area (TPSA) is 89.3 Å². The summed E-state index contributed by atoms with van der Waals surface area (Å²) < 4.78 is 0. The number of benzene rings is 2. The molecule has 2 aromatic carbocycles. The molecule has 0 bridgehead atoms. The van der Waals surface area contributed by atoms with Crippen molar-refractivity contribution in [2.45, 2.75) is 18.8 Å². The molecule has 0 aliphatic heterocycles. The molecule has 0 saturated heterocycles. The van der Waals surface area contributed by atoms with Crippen LogP contribution in [0.25, 0.3) is 0 Å². The van der Waals surface area contributed by atoms with E-state index in [0.29, 0.717) is 11.3 Å². The number of para-hydroxylation sites is 1. The Morgan fingerprint density at radius 3 is 2.29 bits per heavy atom. The van der Waals surface area contributed by atoms with E-state index in [0.717, 1.165) is 11.1 Å². The first-order valence-corrected chi connectivity index (χ1v) is 6.83. The number of carboxylic acids is 1. The Kier molecular flexibility index (Phi) is 4.29. The van der Waals surface area contributed by atoms with E-state index in [1.165, 1.54) is 0 Å². The zero-order chi connectivity index (χ0) is 15.5. The first-order chi connectivity index (χ1) is 9.99. The summed E-state index contributed by atoms with van der Waals surface area (Å²) in [6.45, 7) is 1.98. The standard InChI is InChI=1S/C17H20N2O2/c1-12-6-8-14(9-7-12)17(11-18,16(20)21)10-13-4-2-3-5-15(13)19/h2-9H,10-11,18-19H2,1H3,(H,20,21). The van der Waals surface area contributed by atoms with Gasteiger partial charge >= 0.3 is 5.97 Å². The second kappa shape index (κ2) is 5.97. The van der Waals surface area contributed by atoms with Crippen molar-refractivity contribution in [1.82, 2.24) is 0 Å². The maximum atomic E-state index is 11.9. The number of nitrogens with two attached hydrogens (primary N) is 2. The molecule has 4 heteroatoms. The van der Waals surface area contributed by atoms with Crippen molar-refractivity contribution >= 4 is 11.7 Å². The van der Waals surface area contributed by atoms with Gasteiger partial charge in [-0.05, 0) is 30.5 Å². The predicted molar refractivity (Wildman–Crippen MR) is 84.1 cm³/mol. The molecule has 1 atom stereocenters. The molecule has 0 aromatic heterocycles. The van der Waals surface area contributed by atoms with Crippen LogP contribution in [0.2, 0.25) is 0 Å². The smallest absolute Gasteiger partial charge is 0.315 e. The number of carboxylic acid groups (broad SMARTS) is 1. The lowest BCUT2D eigenvalue weighted by Gasteiger charge is -2.29.